The van der Waals surface area contributed by atoms with E-state index in [1.54, 1.807) is 10.8 Å². The van der Waals surface area contributed by atoms with Crippen LogP contribution in [-0.4, -0.2) is 28.5 Å². The summed E-state index contributed by atoms with van der Waals surface area (Å²) < 4.78 is 14.8. The number of nitrogens with zero attached hydrogens (tertiary/aromatic N) is 2. The number of carbonyl (C=O) groups is 1. The summed E-state index contributed by atoms with van der Waals surface area (Å²) in [5, 5.41) is 3.36. The van der Waals surface area contributed by atoms with Crippen LogP contribution in [0.3, 0.4) is 0 Å². The van der Waals surface area contributed by atoms with Crippen molar-refractivity contribution in [2.24, 2.45) is 0 Å². The molecule has 1 aliphatic rings. The van der Waals surface area contributed by atoms with Gasteiger partial charge in [0.15, 0.2) is 0 Å². The normalized spacial score (nSPS) is 15.7. The van der Waals surface area contributed by atoms with Crippen LogP contribution in [0.25, 0.3) is 11.0 Å². The lowest BCUT2D eigenvalue weighted by Crippen LogP contribution is -2.26. The molecule has 1 N–H and O–H groups in total. The van der Waals surface area contributed by atoms with Gasteiger partial charge < -0.3 is 5.32 Å². The molecular weight excluding hydrogens is 305 g/mol. The zero-order valence-corrected chi connectivity index (χ0v) is 13.2. The molecule has 2 aromatic heterocycles. The van der Waals surface area contributed by atoms with Gasteiger partial charge in [0.2, 0.25) is 0 Å². The molecule has 3 heterocycles. The highest BCUT2D eigenvalue weighted by molar-refractivity contribution is 6.02. The summed E-state index contributed by atoms with van der Waals surface area (Å²) in [5.74, 6) is -0.0972. The monoisotopic (exact) mass is 323 g/mol. The van der Waals surface area contributed by atoms with Gasteiger partial charge in [-0.2, -0.15) is 0 Å². The summed E-state index contributed by atoms with van der Waals surface area (Å²) >= 11 is 0. The predicted octanol–water partition coefficient (Wildman–Crippen LogP) is 3.33. The van der Waals surface area contributed by atoms with Gasteiger partial charge in [0.25, 0.3) is 5.91 Å². The number of hydrogen-bond acceptors (Lipinski definition) is 3. The second kappa shape index (κ2) is 6.17. The molecule has 5 heteroatoms. The highest BCUT2D eigenvalue weighted by Gasteiger charge is 2.23. The number of hydrogen-bond donors (Lipinski definition) is 1. The second-order valence-electron chi connectivity index (χ2n) is 6.16. The summed E-state index contributed by atoms with van der Waals surface area (Å²) in [5.41, 5.74) is 3.29. The highest BCUT2D eigenvalue weighted by Crippen LogP contribution is 2.32. The van der Waals surface area contributed by atoms with Crippen LogP contribution in [0.5, 0.6) is 0 Å². The molecule has 0 spiro atoms. The van der Waals surface area contributed by atoms with Gasteiger partial charge in [0.1, 0.15) is 5.82 Å². The van der Waals surface area contributed by atoms with E-state index in [-0.39, 0.29) is 11.7 Å². The van der Waals surface area contributed by atoms with Crippen molar-refractivity contribution in [3.05, 3.63) is 65.7 Å². The van der Waals surface area contributed by atoms with Gasteiger partial charge in [-0.15, -0.1) is 0 Å². The highest BCUT2D eigenvalue weighted by atomic mass is 19.1. The molecule has 1 aliphatic heterocycles. The van der Waals surface area contributed by atoms with Gasteiger partial charge in [0, 0.05) is 18.0 Å². The maximum atomic E-state index is 13.1. The van der Waals surface area contributed by atoms with Crippen molar-refractivity contribution in [1.29, 1.82) is 0 Å². The number of fused-ring (bicyclic) bond motifs is 1. The molecule has 4 rings (SSSR count). The van der Waals surface area contributed by atoms with E-state index in [2.05, 4.69) is 10.3 Å². The van der Waals surface area contributed by atoms with Crippen molar-refractivity contribution in [2.45, 2.75) is 18.8 Å². The molecule has 3 aromatic rings. The minimum atomic E-state index is -0.346. The maximum Gasteiger partial charge on any atom is 0.262 e. The fraction of sp³-hybridized carbons (Fsp3) is 0.263. The number of pyridine rings is 1. The third kappa shape index (κ3) is 2.61. The number of benzene rings is 1. The Bertz CT molecular complexity index is 879. The minimum absolute atomic E-state index is 0.159. The maximum absolute atomic E-state index is 13.1. The Morgan fingerprint density at radius 2 is 1.92 bits per heavy atom. The fourth-order valence-electron chi connectivity index (χ4n) is 3.41. The first-order chi connectivity index (χ1) is 11.7. The van der Waals surface area contributed by atoms with E-state index >= 15 is 0 Å². The van der Waals surface area contributed by atoms with Crippen molar-refractivity contribution in [3.8, 4) is 0 Å². The Morgan fingerprint density at radius 3 is 2.67 bits per heavy atom. The number of rotatable bonds is 2. The number of piperidine rings is 1. The van der Waals surface area contributed by atoms with Crippen LogP contribution in [0, 0.1) is 5.82 Å². The van der Waals surface area contributed by atoms with Crippen LogP contribution >= 0.6 is 0 Å². The lowest BCUT2D eigenvalue weighted by atomic mass is 9.91. The quantitative estimate of drug-likeness (QED) is 0.787. The molecule has 0 unspecified atom stereocenters. The molecule has 1 aromatic carbocycles. The van der Waals surface area contributed by atoms with Gasteiger partial charge in [-0.1, -0.05) is 0 Å². The van der Waals surface area contributed by atoms with Crippen molar-refractivity contribution >= 4 is 16.9 Å². The second-order valence-corrected chi connectivity index (χ2v) is 6.16. The molecule has 122 valence electrons. The van der Waals surface area contributed by atoms with Crippen LogP contribution in [-0.2, 0) is 0 Å². The van der Waals surface area contributed by atoms with Crippen molar-refractivity contribution < 1.29 is 9.18 Å². The molecule has 24 heavy (non-hydrogen) atoms. The van der Waals surface area contributed by atoms with Gasteiger partial charge in [0.05, 0.1) is 11.0 Å². The Labute approximate surface area is 139 Å². The average molecular weight is 323 g/mol. The molecule has 4 nitrogen and oxygen atoms in total. The average Bonchev–Trinajstić information content (AvgIpc) is 3.02. The molecule has 0 bridgehead atoms. The van der Waals surface area contributed by atoms with E-state index in [9.17, 15) is 9.18 Å². The smallest absolute Gasteiger partial charge is 0.262 e. The zero-order valence-electron chi connectivity index (χ0n) is 13.2. The number of carbonyl (C=O) groups excluding carboxylic acids is 1. The Kier molecular flexibility index (Phi) is 3.86. The van der Waals surface area contributed by atoms with Crippen molar-refractivity contribution in [2.75, 3.05) is 13.1 Å². The summed E-state index contributed by atoms with van der Waals surface area (Å²) in [6.07, 6.45) is 5.76. The Hall–Kier alpha value is -2.53. The van der Waals surface area contributed by atoms with E-state index in [0.717, 1.165) is 42.5 Å². The van der Waals surface area contributed by atoms with Gasteiger partial charge in [-0.3, -0.25) is 14.3 Å². The van der Waals surface area contributed by atoms with Crippen molar-refractivity contribution in [1.82, 2.24) is 14.9 Å². The molecule has 0 amide bonds. The van der Waals surface area contributed by atoms with Crippen molar-refractivity contribution in [3.63, 3.8) is 0 Å². The first-order valence-electron chi connectivity index (χ1n) is 8.21. The summed E-state index contributed by atoms with van der Waals surface area (Å²) in [7, 11) is 0. The summed E-state index contributed by atoms with van der Waals surface area (Å²) in [4.78, 5) is 17.4. The van der Waals surface area contributed by atoms with E-state index in [1.165, 1.54) is 24.3 Å². The third-order valence-electron chi connectivity index (χ3n) is 4.68. The molecule has 0 aliphatic carbocycles. The number of halogens is 1. The first kappa shape index (κ1) is 15.0. The number of aromatic nitrogens is 2. The first-order valence-corrected chi connectivity index (χ1v) is 8.21. The Balaban J connectivity index is 1.80. The van der Waals surface area contributed by atoms with Gasteiger partial charge >= 0.3 is 0 Å². The lowest BCUT2D eigenvalue weighted by molar-refractivity contribution is 0.0964. The molecule has 0 radical (unpaired) electrons. The molecular formula is C19H18FN3O. The topological polar surface area (TPSA) is 46.9 Å². The number of nitrogens with one attached hydrogen (secondary N) is 1. The van der Waals surface area contributed by atoms with E-state index < -0.39 is 0 Å². The largest absolute Gasteiger partial charge is 0.317 e. The van der Waals surface area contributed by atoms with Crippen LogP contribution in [0.15, 0.2) is 48.8 Å². The van der Waals surface area contributed by atoms with Gasteiger partial charge in [-0.25, -0.2) is 4.39 Å². The summed E-state index contributed by atoms with van der Waals surface area (Å²) in [6, 6.07) is 9.40. The summed E-state index contributed by atoms with van der Waals surface area (Å²) in [6.45, 7) is 1.96. The fourth-order valence-corrected chi connectivity index (χ4v) is 3.41. The standard InChI is InChI=1S/C19H18FN3O/c20-15-5-3-14(4-6-15)19(24)23-12-16(13-7-10-21-11-8-13)18-17(23)2-1-9-22-18/h1-6,9,12-13,21H,7-8,10-11H2. The van der Waals surface area contributed by atoms with E-state index in [4.69, 9.17) is 0 Å². The third-order valence-corrected chi connectivity index (χ3v) is 4.68. The van der Waals surface area contributed by atoms with Crippen LogP contribution in [0.4, 0.5) is 4.39 Å². The van der Waals surface area contributed by atoms with Crippen LogP contribution in [0.2, 0.25) is 0 Å². The Morgan fingerprint density at radius 1 is 1.17 bits per heavy atom. The van der Waals surface area contributed by atoms with Crippen LogP contribution < -0.4 is 5.32 Å². The predicted molar refractivity (Wildman–Crippen MR) is 90.7 cm³/mol. The molecule has 0 atom stereocenters. The molecule has 0 saturated carbocycles. The SMILES string of the molecule is O=C(c1ccc(F)cc1)n1cc(C2CCNCC2)c2ncccc21. The van der Waals surface area contributed by atoms with Crippen LogP contribution in [0.1, 0.15) is 34.7 Å². The molecule has 1 fully saturated rings. The zero-order chi connectivity index (χ0) is 16.5. The van der Waals surface area contributed by atoms with E-state index in [0.29, 0.717) is 11.5 Å². The lowest BCUT2D eigenvalue weighted by Gasteiger charge is -2.21. The van der Waals surface area contributed by atoms with Gasteiger partial charge in [-0.05, 0) is 73.8 Å². The minimum Gasteiger partial charge on any atom is -0.317 e. The molecule has 1 saturated heterocycles. The van der Waals surface area contributed by atoms with E-state index in [1.807, 2.05) is 18.3 Å².